The number of carbonyl (C=O) groups excluding carboxylic acids is 2. The Balaban J connectivity index is 1.62. The fourth-order valence-electron chi connectivity index (χ4n) is 3.25. The van der Waals surface area contributed by atoms with E-state index in [-0.39, 0.29) is 6.61 Å². The van der Waals surface area contributed by atoms with Crippen molar-refractivity contribution in [2.24, 2.45) is 5.10 Å². The minimum Gasteiger partial charge on any atom is -0.493 e. The normalized spacial score (nSPS) is 11.5. The van der Waals surface area contributed by atoms with Crippen LogP contribution in [0.3, 0.4) is 0 Å². The number of hydrogen-bond donors (Lipinski definition) is 2. The molecule has 9 heteroatoms. The molecule has 0 unspecified atom stereocenters. The van der Waals surface area contributed by atoms with E-state index in [0.717, 1.165) is 15.6 Å². The van der Waals surface area contributed by atoms with Crippen LogP contribution in [0, 0.1) is 0 Å². The largest absolute Gasteiger partial charge is 0.493 e. The summed E-state index contributed by atoms with van der Waals surface area (Å²) in [4.78, 5) is 24.7. The number of ether oxygens (including phenoxy) is 3. The predicted molar refractivity (Wildman–Crippen MR) is 141 cm³/mol. The van der Waals surface area contributed by atoms with E-state index in [9.17, 15) is 9.59 Å². The number of benzene rings is 3. The SMILES string of the molecule is CCOC(=O)N[C@@H](Cc1ccccc1)C(=O)N/N=C\c1ccc(OCc2ccc(Br)cc2)c(OC)c1. The van der Waals surface area contributed by atoms with Crippen molar-refractivity contribution in [3.63, 3.8) is 0 Å². The molecule has 0 aliphatic heterocycles. The Hall–Kier alpha value is -3.85. The summed E-state index contributed by atoms with van der Waals surface area (Å²) >= 11 is 3.42. The van der Waals surface area contributed by atoms with Crippen molar-refractivity contribution in [1.82, 2.24) is 10.7 Å². The van der Waals surface area contributed by atoms with Gasteiger partial charge in [-0.3, -0.25) is 4.79 Å². The number of halogens is 1. The number of nitrogens with zero attached hydrogens (tertiary/aromatic N) is 1. The van der Waals surface area contributed by atoms with Gasteiger partial charge >= 0.3 is 6.09 Å². The van der Waals surface area contributed by atoms with Gasteiger partial charge in [0.15, 0.2) is 11.5 Å². The Morgan fingerprint density at radius 3 is 2.44 bits per heavy atom. The topological polar surface area (TPSA) is 98.2 Å². The van der Waals surface area contributed by atoms with E-state index in [1.807, 2.05) is 54.6 Å². The molecule has 0 heterocycles. The van der Waals surface area contributed by atoms with Gasteiger partial charge in [0, 0.05) is 10.9 Å². The molecule has 2 N–H and O–H groups in total. The predicted octanol–water partition coefficient (Wildman–Crippen LogP) is 4.84. The molecule has 0 radical (unpaired) electrons. The lowest BCUT2D eigenvalue weighted by Crippen LogP contribution is -2.47. The van der Waals surface area contributed by atoms with Gasteiger partial charge in [-0.15, -0.1) is 0 Å². The minimum atomic E-state index is -0.854. The first-order valence-corrected chi connectivity index (χ1v) is 12.1. The number of methoxy groups -OCH3 is 1. The Morgan fingerprint density at radius 2 is 1.75 bits per heavy atom. The zero-order valence-corrected chi connectivity index (χ0v) is 21.7. The smallest absolute Gasteiger partial charge is 0.407 e. The van der Waals surface area contributed by atoms with E-state index in [1.165, 1.54) is 6.21 Å². The molecule has 2 amide bonds. The van der Waals surface area contributed by atoms with Gasteiger partial charge < -0.3 is 19.5 Å². The summed E-state index contributed by atoms with van der Waals surface area (Å²) < 4.78 is 17.3. The maximum atomic E-state index is 12.8. The van der Waals surface area contributed by atoms with E-state index in [4.69, 9.17) is 14.2 Å². The molecule has 3 rings (SSSR count). The van der Waals surface area contributed by atoms with Gasteiger partial charge in [0.25, 0.3) is 5.91 Å². The molecule has 3 aromatic rings. The molecule has 0 bridgehead atoms. The highest BCUT2D eigenvalue weighted by molar-refractivity contribution is 9.10. The average molecular weight is 554 g/mol. The molecule has 0 aliphatic carbocycles. The average Bonchev–Trinajstić information content (AvgIpc) is 2.89. The Kier molecular flexibility index (Phi) is 10.3. The summed E-state index contributed by atoms with van der Waals surface area (Å²) in [5, 5.41) is 6.63. The quantitative estimate of drug-likeness (QED) is 0.261. The molecular formula is C27H28BrN3O5. The van der Waals surface area contributed by atoms with Gasteiger partial charge in [0.1, 0.15) is 12.6 Å². The number of alkyl carbamates (subject to hydrolysis) is 1. The van der Waals surface area contributed by atoms with Gasteiger partial charge in [-0.25, -0.2) is 10.2 Å². The third kappa shape index (κ3) is 8.42. The van der Waals surface area contributed by atoms with Gasteiger partial charge in [0.05, 0.1) is 19.9 Å². The van der Waals surface area contributed by atoms with Crippen LogP contribution in [0.1, 0.15) is 23.6 Å². The maximum Gasteiger partial charge on any atom is 0.407 e. The Morgan fingerprint density at radius 1 is 1.00 bits per heavy atom. The summed E-state index contributed by atoms with van der Waals surface area (Å²) in [5.41, 5.74) is 5.10. The van der Waals surface area contributed by atoms with E-state index in [0.29, 0.717) is 30.1 Å². The van der Waals surface area contributed by atoms with Crippen molar-refractivity contribution in [2.75, 3.05) is 13.7 Å². The molecule has 36 heavy (non-hydrogen) atoms. The summed E-state index contributed by atoms with van der Waals surface area (Å²) in [6, 6.07) is 21.7. The lowest BCUT2D eigenvalue weighted by Gasteiger charge is -2.16. The molecule has 8 nitrogen and oxygen atoms in total. The zero-order valence-electron chi connectivity index (χ0n) is 20.1. The van der Waals surface area contributed by atoms with Crippen molar-refractivity contribution in [2.45, 2.75) is 26.0 Å². The third-order valence-corrected chi connectivity index (χ3v) is 5.58. The molecular weight excluding hydrogens is 526 g/mol. The van der Waals surface area contributed by atoms with Crippen molar-refractivity contribution in [1.29, 1.82) is 0 Å². The van der Waals surface area contributed by atoms with Crippen molar-refractivity contribution in [3.05, 3.63) is 94.0 Å². The van der Waals surface area contributed by atoms with Gasteiger partial charge in [-0.05, 0) is 53.9 Å². The fourth-order valence-corrected chi connectivity index (χ4v) is 3.51. The maximum absolute atomic E-state index is 12.8. The number of rotatable bonds is 11. The third-order valence-electron chi connectivity index (χ3n) is 5.05. The van der Waals surface area contributed by atoms with Crippen molar-refractivity contribution >= 4 is 34.1 Å². The lowest BCUT2D eigenvalue weighted by molar-refractivity contribution is -0.123. The molecule has 0 aliphatic rings. The second-order valence-corrected chi connectivity index (χ2v) is 8.58. The van der Waals surface area contributed by atoms with Crippen molar-refractivity contribution in [3.8, 4) is 11.5 Å². The van der Waals surface area contributed by atoms with Gasteiger partial charge in [-0.1, -0.05) is 58.4 Å². The molecule has 1 atom stereocenters. The molecule has 0 saturated heterocycles. The Labute approximate surface area is 218 Å². The van der Waals surface area contributed by atoms with Crippen LogP contribution in [0.25, 0.3) is 0 Å². The highest BCUT2D eigenvalue weighted by Gasteiger charge is 2.21. The van der Waals surface area contributed by atoms with Crippen LogP contribution in [0.5, 0.6) is 11.5 Å². The first kappa shape index (κ1) is 26.7. The second kappa shape index (κ2) is 13.9. The summed E-state index contributed by atoms with van der Waals surface area (Å²) in [6.07, 6.45) is 1.11. The highest BCUT2D eigenvalue weighted by Crippen LogP contribution is 2.28. The van der Waals surface area contributed by atoms with E-state index >= 15 is 0 Å². The molecule has 0 saturated carbocycles. The molecule has 3 aromatic carbocycles. The molecule has 0 aromatic heterocycles. The minimum absolute atomic E-state index is 0.203. The van der Waals surface area contributed by atoms with Gasteiger partial charge in [-0.2, -0.15) is 5.10 Å². The summed E-state index contributed by atoms with van der Waals surface area (Å²) in [6.45, 7) is 2.29. The zero-order chi connectivity index (χ0) is 25.8. The van der Waals surface area contributed by atoms with Crippen molar-refractivity contribution < 1.29 is 23.8 Å². The van der Waals surface area contributed by atoms with Gasteiger partial charge in [0.2, 0.25) is 0 Å². The summed E-state index contributed by atoms with van der Waals surface area (Å²) in [7, 11) is 1.56. The summed E-state index contributed by atoms with van der Waals surface area (Å²) in [5.74, 6) is 0.654. The van der Waals surface area contributed by atoms with Crippen LogP contribution in [0.4, 0.5) is 4.79 Å². The number of carbonyl (C=O) groups is 2. The Bertz CT molecular complexity index is 1170. The van der Waals surface area contributed by atoms with Crippen LogP contribution in [-0.4, -0.2) is 38.0 Å². The second-order valence-electron chi connectivity index (χ2n) is 7.67. The van der Waals surface area contributed by atoms with E-state index in [2.05, 4.69) is 31.8 Å². The molecule has 0 fully saturated rings. The van der Waals surface area contributed by atoms with Crippen LogP contribution in [0.15, 0.2) is 82.4 Å². The van der Waals surface area contributed by atoms with Crippen LogP contribution in [0.2, 0.25) is 0 Å². The molecule has 0 spiro atoms. The standard InChI is InChI=1S/C27H28BrN3O5/c1-3-35-27(33)30-23(15-19-7-5-4-6-8-19)26(32)31-29-17-21-11-14-24(25(16-21)34-2)36-18-20-9-12-22(28)13-10-20/h4-14,16-17,23H,3,15,18H2,1-2H3,(H,30,33)(H,31,32)/b29-17-/t23-/m0/s1. The van der Waals surface area contributed by atoms with Crippen LogP contribution >= 0.6 is 15.9 Å². The van der Waals surface area contributed by atoms with E-state index < -0.39 is 18.0 Å². The molecule has 188 valence electrons. The highest BCUT2D eigenvalue weighted by atomic mass is 79.9. The number of amides is 2. The van der Waals surface area contributed by atoms with E-state index in [1.54, 1.807) is 32.2 Å². The van der Waals surface area contributed by atoms with Crippen LogP contribution < -0.4 is 20.2 Å². The first-order valence-electron chi connectivity index (χ1n) is 11.3. The lowest BCUT2D eigenvalue weighted by atomic mass is 10.1. The fraction of sp³-hybridized carbons (Fsp3) is 0.222. The number of nitrogens with one attached hydrogen (secondary N) is 2. The van der Waals surface area contributed by atoms with Crippen LogP contribution in [-0.2, 0) is 22.6 Å². The first-order chi connectivity index (χ1) is 17.5. The monoisotopic (exact) mass is 553 g/mol. The number of hydrazone groups is 1. The number of hydrogen-bond acceptors (Lipinski definition) is 6.